The SMILES string of the molecule is Fc1ccc(Oc2ncc3c(-c4cccc(OCCc5ccccn5)c4)[nH]nc3n2)c(F)c1. The van der Waals surface area contributed by atoms with Gasteiger partial charge < -0.3 is 9.47 Å². The van der Waals surface area contributed by atoms with Gasteiger partial charge in [-0.1, -0.05) is 18.2 Å². The number of aromatic amines is 1. The molecule has 0 amide bonds. The Balaban J connectivity index is 1.33. The van der Waals surface area contributed by atoms with Gasteiger partial charge in [-0.2, -0.15) is 10.1 Å². The molecule has 7 nitrogen and oxygen atoms in total. The van der Waals surface area contributed by atoms with Crippen LogP contribution in [0.1, 0.15) is 5.69 Å². The number of nitrogens with zero attached hydrogens (tertiary/aromatic N) is 4. The average molecular weight is 445 g/mol. The number of benzene rings is 2. The van der Waals surface area contributed by atoms with Crippen LogP contribution >= 0.6 is 0 Å². The molecule has 0 aliphatic rings. The van der Waals surface area contributed by atoms with Gasteiger partial charge in [-0.3, -0.25) is 10.1 Å². The zero-order valence-electron chi connectivity index (χ0n) is 17.2. The molecule has 0 aliphatic carbocycles. The lowest BCUT2D eigenvalue weighted by Crippen LogP contribution is -2.02. The maximum absolute atomic E-state index is 13.8. The van der Waals surface area contributed by atoms with E-state index in [1.54, 1.807) is 6.20 Å². The van der Waals surface area contributed by atoms with Crippen LogP contribution in [0.5, 0.6) is 17.5 Å². The van der Waals surface area contributed by atoms with Crippen molar-refractivity contribution in [1.82, 2.24) is 25.1 Å². The van der Waals surface area contributed by atoms with E-state index in [-0.39, 0.29) is 11.8 Å². The molecule has 5 aromatic rings. The average Bonchev–Trinajstić information content (AvgIpc) is 3.25. The first-order chi connectivity index (χ1) is 16.2. The summed E-state index contributed by atoms with van der Waals surface area (Å²) >= 11 is 0. The van der Waals surface area contributed by atoms with E-state index in [0.717, 1.165) is 23.4 Å². The summed E-state index contributed by atoms with van der Waals surface area (Å²) in [6.07, 6.45) is 3.99. The fourth-order valence-electron chi connectivity index (χ4n) is 3.27. The molecule has 1 N–H and O–H groups in total. The number of rotatable bonds is 7. The van der Waals surface area contributed by atoms with Gasteiger partial charge in [0.15, 0.2) is 17.2 Å². The lowest BCUT2D eigenvalue weighted by Gasteiger charge is -2.08. The molecule has 0 spiro atoms. The van der Waals surface area contributed by atoms with Gasteiger partial charge in [0.1, 0.15) is 11.6 Å². The van der Waals surface area contributed by atoms with Crippen molar-refractivity contribution in [3.8, 4) is 28.8 Å². The monoisotopic (exact) mass is 445 g/mol. The molecule has 2 aromatic carbocycles. The van der Waals surface area contributed by atoms with Crippen molar-refractivity contribution >= 4 is 11.0 Å². The van der Waals surface area contributed by atoms with Gasteiger partial charge in [-0.05, 0) is 36.4 Å². The van der Waals surface area contributed by atoms with Crippen molar-refractivity contribution in [3.63, 3.8) is 0 Å². The largest absolute Gasteiger partial charge is 0.493 e. The zero-order valence-corrected chi connectivity index (χ0v) is 17.2. The highest BCUT2D eigenvalue weighted by molar-refractivity contribution is 5.90. The molecule has 0 saturated heterocycles. The van der Waals surface area contributed by atoms with E-state index in [1.807, 2.05) is 42.5 Å². The molecule has 0 saturated carbocycles. The summed E-state index contributed by atoms with van der Waals surface area (Å²) in [6.45, 7) is 0.494. The van der Waals surface area contributed by atoms with Crippen LogP contribution in [-0.2, 0) is 6.42 Å². The number of aromatic nitrogens is 5. The first-order valence-corrected chi connectivity index (χ1v) is 10.1. The summed E-state index contributed by atoms with van der Waals surface area (Å²) in [5.74, 6) is -1.02. The number of hydrogen-bond donors (Lipinski definition) is 1. The molecular formula is C24H17F2N5O2. The van der Waals surface area contributed by atoms with Crippen molar-refractivity contribution in [3.05, 3.63) is 90.4 Å². The van der Waals surface area contributed by atoms with Crippen LogP contribution in [0.3, 0.4) is 0 Å². The van der Waals surface area contributed by atoms with E-state index in [9.17, 15) is 8.78 Å². The van der Waals surface area contributed by atoms with E-state index < -0.39 is 11.6 Å². The quantitative estimate of drug-likeness (QED) is 0.375. The third kappa shape index (κ3) is 4.62. The maximum Gasteiger partial charge on any atom is 0.324 e. The van der Waals surface area contributed by atoms with Gasteiger partial charge in [0.05, 0.1) is 17.7 Å². The van der Waals surface area contributed by atoms with Crippen LogP contribution in [0.15, 0.2) is 73.1 Å². The van der Waals surface area contributed by atoms with Gasteiger partial charge in [0, 0.05) is 36.1 Å². The fourth-order valence-corrected chi connectivity index (χ4v) is 3.27. The summed E-state index contributed by atoms with van der Waals surface area (Å²) in [5, 5.41) is 7.82. The molecule has 0 atom stereocenters. The molecular weight excluding hydrogens is 428 g/mol. The van der Waals surface area contributed by atoms with E-state index in [0.29, 0.717) is 35.5 Å². The van der Waals surface area contributed by atoms with Crippen LogP contribution in [0, 0.1) is 11.6 Å². The minimum absolute atomic E-state index is 0.0994. The fraction of sp³-hybridized carbons (Fsp3) is 0.0833. The van der Waals surface area contributed by atoms with Crippen molar-refractivity contribution < 1.29 is 18.3 Å². The van der Waals surface area contributed by atoms with Crippen molar-refractivity contribution in [2.75, 3.05) is 6.61 Å². The third-order valence-corrected chi connectivity index (χ3v) is 4.86. The van der Waals surface area contributed by atoms with Crippen LogP contribution in [0.2, 0.25) is 0 Å². The second-order valence-electron chi connectivity index (χ2n) is 7.11. The maximum atomic E-state index is 13.8. The standard InChI is InChI=1S/C24H17F2N5O2/c25-16-7-8-21(20(26)13-16)33-24-28-14-19-22(30-31-23(19)29-24)15-4-3-6-18(12-15)32-11-9-17-5-1-2-10-27-17/h1-8,10,12-14H,9,11H2,(H,28,29,30,31). The lowest BCUT2D eigenvalue weighted by atomic mass is 10.1. The second-order valence-corrected chi connectivity index (χ2v) is 7.11. The highest BCUT2D eigenvalue weighted by Gasteiger charge is 2.14. The van der Waals surface area contributed by atoms with E-state index in [2.05, 4.69) is 25.1 Å². The first-order valence-electron chi connectivity index (χ1n) is 10.1. The number of nitrogens with one attached hydrogen (secondary N) is 1. The predicted molar refractivity (Wildman–Crippen MR) is 117 cm³/mol. The number of hydrogen-bond acceptors (Lipinski definition) is 6. The molecule has 3 aromatic heterocycles. The Morgan fingerprint density at radius 3 is 2.73 bits per heavy atom. The van der Waals surface area contributed by atoms with Gasteiger partial charge >= 0.3 is 6.01 Å². The Bertz CT molecular complexity index is 1410. The minimum atomic E-state index is -0.846. The van der Waals surface area contributed by atoms with Crippen molar-refractivity contribution in [1.29, 1.82) is 0 Å². The topological polar surface area (TPSA) is 85.8 Å². The van der Waals surface area contributed by atoms with Gasteiger partial charge in [-0.25, -0.2) is 13.8 Å². The number of pyridine rings is 1. The Morgan fingerprint density at radius 2 is 1.88 bits per heavy atom. The number of halogens is 2. The molecule has 164 valence electrons. The number of fused-ring (bicyclic) bond motifs is 1. The molecule has 33 heavy (non-hydrogen) atoms. The molecule has 5 rings (SSSR count). The van der Waals surface area contributed by atoms with E-state index in [4.69, 9.17) is 9.47 Å². The van der Waals surface area contributed by atoms with Crippen LogP contribution in [-0.4, -0.2) is 31.8 Å². The van der Waals surface area contributed by atoms with Gasteiger partial charge in [0.25, 0.3) is 0 Å². The molecule has 0 radical (unpaired) electrons. The Hall–Kier alpha value is -4.40. The van der Waals surface area contributed by atoms with Crippen LogP contribution < -0.4 is 9.47 Å². The number of H-pyrrole nitrogens is 1. The molecule has 0 aliphatic heterocycles. The summed E-state index contributed by atoms with van der Waals surface area (Å²) in [6, 6.07) is 16.2. The predicted octanol–water partition coefficient (Wildman–Crippen LogP) is 5.11. The Labute approximate surface area is 187 Å². The highest BCUT2D eigenvalue weighted by atomic mass is 19.1. The second kappa shape index (κ2) is 8.99. The Morgan fingerprint density at radius 1 is 0.939 bits per heavy atom. The third-order valence-electron chi connectivity index (χ3n) is 4.86. The number of ether oxygens (including phenoxy) is 2. The normalized spacial score (nSPS) is 11.0. The molecule has 3 heterocycles. The lowest BCUT2D eigenvalue weighted by molar-refractivity contribution is 0.320. The van der Waals surface area contributed by atoms with Crippen molar-refractivity contribution in [2.24, 2.45) is 0 Å². The summed E-state index contributed by atoms with van der Waals surface area (Å²) in [5.41, 5.74) is 2.86. The van der Waals surface area contributed by atoms with E-state index >= 15 is 0 Å². The van der Waals surface area contributed by atoms with Crippen LogP contribution in [0.4, 0.5) is 8.78 Å². The molecule has 0 bridgehead atoms. The Kier molecular flexibility index (Phi) is 5.59. The summed E-state index contributed by atoms with van der Waals surface area (Å²) < 4.78 is 38.1. The molecule has 0 fully saturated rings. The summed E-state index contributed by atoms with van der Waals surface area (Å²) in [4.78, 5) is 12.6. The minimum Gasteiger partial charge on any atom is -0.493 e. The molecule has 0 unspecified atom stereocenters. The van der Waals surface area contributed by atoms with Crippen molar-refractivity contribution in [2.45, 2.75) is 6.42 Å². The zero-order chi connectivity index (χ0) is 22.6. The van der Waals surface area contributed by atoms with Gasteiger partial charge in [-0.15, -0.1) is 0 Å². The smallest absolute Gasteiger partial charge is 0.324 e. The summed E-state index contributed by atoms with van der Waals surface area (Å²) in [7, 11) is 0. The first kappa shape index (κ1) is 20.5. The van der Waals surface area contributed by atoms with Crippen LogP contribution in [0.25, 0.3) is 22.3 Å². The van der Waals surface area contributed by atoms with Gasteiger partial charge in [0.2, 0.25) is 0 Å². The highest BCUT2D eigenvalue weighted by Crippen LogP contribution is 2.29. The van der Waals surface area contributed by atoms with E-state index in [1.165, 1.54) is 12.3 Å². The molecule has 9 heteroatoms.